The Bertz CT molecular complexity index is 1240. The van der Waals surface area contributed by atoms with Crippen molar-refractivity contribution in [1.82, 2.24) is 15.1 Å². The molecule has 1 saturated heterocycles. The summed E-state index contributed by atoms with van der Waals surface area (Å²) in [4.78, 5) is 30.7. The minimum absolute atomic E-state index is 0.00975. The van der Waals surface area contributed by atoms with Gasteiger partial charge in [-0.05, 0) is 49.1 Å². The number of carbonyl (C=O) groups excluding carboxylic acids is 2. The van der Waals surface area contributed by atoms with Gasteiger partial charge in [0.15, 0.2) is 0 Å². The van der Waals surface area contributed by atoms with Crippen molar-refractivity contribution < 1.29 is 14.7 Å². The Morgan fingerprint density at radius 2 is 1.62 bits per heavy atom. The standard InChI is InChI=1S/C31H39N5O3/c1-21(36-17-16-27(28(37)20-36)34-29(38)25-15-14-24(32)18-26(25)33)19-31(30(39)35(2)3,22-10-6-4-7-11-22)23-12-8-5-9-13-23/h4-15,18,21,27-28,37H,16-17,19-20,32-33H2,1-3H3,(H,34,38)/t21?,27-,28-/m1/s1. The van der Waals surface area contributed by atoms with Crippen molar-refractivity contribution in [1.29, 1.82) is 0 Å². The Kier molecular flexibility index (Phi) is 8.57. The van der Waals surface area contributed by atoms with E-state index in [0.717, 1.165) is 11.1 Å². The number of benzene rings is 3. The maximum Gasteiger partial charge on any atom is 0.253 e. The number of hydrogen-bond donors (Lipinski definition) is 4. The van der Waals surface area contributed by atoms with E-state index in [2.05, 4.69) is 17.1 Å². The molecule has 1 fully saturated rings. The summed E-state index contributed by atoms with van der Waals surface area (Å²) in [6.45, 7) is 3.14. The van der Waals surface area contributed by atoms with E-state index < -0.39 is 17.6 Å². The van der Waals surface area contributed by atoms with Crippen LogP contribution in [0.25, 0.3) is 0 Å². The fourth-order valence-corrected chi connectivity index (χ4v) is 5.69. The molecule has 4 rings (SSSR count). The van der Waals surface area contributed by atoms with E-state index >= 15 is 0 Å². The molecule has 39 heavy (non-hydrogen) atoms. The first-order valence-corrected chi connectivity index (χ1v) is 13.3. The Hall–Kier alpha value is -3.88. The van der Waals surface area contributed by atoms with Crippen LogP contribution in [-0.4, -0.2) is 72.1 Å². The molecular weight excluding hydrogens is 490 g/mol. The summed E-state index contributed by atoms with van der Waals surface area (Å²) >= 11 is 0. The van der Waals surface area contributed by atoms with Crippen molar-refractivity contribution in [2.75, 3.05) is 38.7 Å². The maximum atomic E-state index is 14.0. The first-order valence-electron chi connectivity index (χ1n) is 13.3. The Balaban J connectivity index is 1.54. The van der Waals surface area contributed by atoms with Gasteiger partial charge in [-0.3, -0.25) is 14.5 Å². The van der Waals surface area contributed by atoms with Gasteiger partial charge < -0.3 is 26.8 Å². The molecular formula is C31H39N5O3. The van der Waals surface area contributed by atoms with Crippen LogP contribution in [0, 0.1) is 0 Å². The van der Waals surface area contributed by atoms with Gasteiger partial charge in [-0.15, -0.1) is 0 Å². The number of nitrogens with zero attached hydrogens (tertiary/aromatic N) is 2. The minimum atomic E-state index is -0.895. The van der Waals surface area contributed by atoms with Crippen molar-refractivity contribution in [3.63, 3.8) is 0 Å². The molecule has 0 spiro atoms. The summed E-state index contributed by atoms with van der Waals surface area (Å²) in [6.07, 6.45) is 0.328. The molecule has 3 atom stereocenters. The SMILES string of the molecule is CC(CC(C(=O)N(C)C)(c1ccccc1)c1ccccc1)N1CC[C@@H](NC(=O)c2ccc(N)cc2N)[C@H](O)C1. The lowest BCUT2D eigenvalue weighted by Crippen LogP contribution is -2.57. The van der Waals surface area contributed by atoms with Gasteiger partial charge >= 0.3 is 0 Å². The van der Waals surface area contributed by atoms with E-state index in [1.165, 1.54) is 0 Å². The summed E-state index contributed by atoms with van der Waals surface area (Å²) in [7, 11) is 3.58. The van der Waals surface area contributed by atoms with Gasteiger partial charge in [0.1, 0.15) is 5.41 Å². The zero-order chi connectivity index (χ0) is 28.2. The number of anilines is 2. The molecule has 1 aliphatic rings. The molecule has 8 nitrogen and oxygen atoms in total. The molecule has 1 aliphatic heterocycles. The molecule has 0 bridgehead atoms. The highest BCUT2D eigenvalue weighted by atomic mass is 16.3. The fraction of sp³-hybridized carbons (Fsp3) is 0.355. The number of likely N-dealkylation sites (N-methyl/N-ethyl adjacent to an activating group) is 1. The van der Waals surface area contributed by atoms with Crippen LogP contribution >= 0.6 is 0 Å². The lowest BCUT2D eigenvalue weighted by molar-refractivity contribution is -0.134. The van der Waals surface area contributed by atoms with Gasteiger partial charge in [-0.1, -0.05) is 60.7 Å². The summed E-state index contributed by atoms with van der Waals surface area (Å²) in [5.74, 6) is -0.322. The number of rotatable bonds is 8. The Morgan fingerprint density at radius 3 is 2.13 bits per heavy atom. The van der Waals surface area contributed by atoms with Crippen LogP contribution in [0.3, 0.4) is 0 Å². The third kappa shape index (κ3) is 5.92. The minimum Gasteiger partial charge on any atom is -0.399 e. The van der Waals surface area contributed by atoms with Crippen LogP contribution in [0.4, 0.5) is 11.4 Å². The topological polar surface area (TPSA) is 125 Å². The third-order valence-electron chi connectivity index (χ3n) is 7.78. The van der Waals surface area contributed by atoms with Crippen LogP contribution in [0.5, 0.6) is 0 Å². The number of amides is 2. The molecule has 1 heterocycles. The van der Waals surface area contributed by atoms with Gasteiger partial charge in [0.2, 0.25) is 5.91 Å². The largest absolute Gasteiger partial charge is 0.399 e. The van der Waals surface area contributed by atoms with E-state index in [4.69, 9.17) is 11.5 Å². The monoisotopic (exact) mass is 529 g/mol. The average molecular weight is 530 g/mol. The van der Waals surface area contributed by atoms with E-state index in [-0.39, 0.29) is 17.9 Å². The number of likely N-dealkylation sites (tertiary alicyclic amines) is 1. The average Bonchev–Trinajstić information content (AvgIpc) is 2.93. The van der Waals surface area contributed by atoms with Crippen molar-refractivity contribution in [3.8, 4) is 0 Å². The van der Waals surface area contributed by atoms with E-state index in [1.54, 1.807) is 37.2 Å². The quantitative estimate of drug-likeness (QED) is 0.333. The molecule has 0 aliphatic carbocycles. The normalized spacial score (nSPS) is 18.8. The van der Waals surface area contributed by atoms with Crippen LogP contribution < -0.4 is 16.8 Å². The van der Waals surface area contributed by atoms with Gasteiger partial charge in [0, 0.05) is 44.6 Å². The molecule has 3 aromatic rings. The van der Waals surface area contributed by atoms with Gasteiger partial charge in [-0.25, -0.2) is 0 Å². The van der Waals surface area contributed by atoms with Crippen molar-refractivity contribution in [2.45, 2.75) is 43.4 Å². The molecule has 0 aromatic heterocycles. The molecule has 1 unspecified atom stereocenters. The molecule has 0 radical (unpaired) electrons. The van der Waals surface area contributed by atoms with Crippen LogP contribution in [-0.2, 0) is 10.2 Å². The number of aliphatic hydroxyl groups excluding tert-OH is 1. The van der Waals surface area contributed by atoms with Crippen molar-refractivity contribution in [3.05, 3.63) is 95.6 Å². The van der Waals surface area contributed by atoms with Crippen molar-refractivity contribution in [2.24, 2.45) is 0 Å². The second-order valence-electron chi connectivity index (χ2n) is 10.7. The van der Waals surface area contributed by atoms with Gasteiger partial charge in [0.25, 0.3) is 5.91 Å². The van der Waals surface area contributed by atoms with E-state index in [0.29, 0.717) is 42.9 Å². The highest BCUT2D eigenvalue weighted by Crippen LogP contribution is 2.39. The van der Waals surface area contributed by atoms with Crippen molar-refractivity contribution >= 4 is 23.2 Å². The number of nitrogens with two attached hydrogens (primary N) is 2. The molecule has 6 N–H and O–H groups in total. The lowest BCUT2D eigenvalue weighted by Gasteiger charge is -2.44. The van der Waals surface area contributed by atoms with Crippen LogP contribution in [0.1, 0.15) is 41.3 Å². The zero-order valence-corrected chi connectivity index (χ0v) is 22.9. The second kappa shape index (κ2) is 11.9. The second-order valence-corrected chi connectivity index (χ2v) is 10.7. The molecule has 206 valence electrons. The van der Waals surface area contributed by atoms with E-state index in [9.17, 15) is 14.7 Å². The number of β-amino-alcohol motifs (C(OH)–C–C–N with tert-alkyl or cyclic N) is 1. The summed E-state index contributed by atoms with van der Waals surface area (Å²) < 4.78 is 0. The number of nitrogens with one attached hydrogen (secondary N) is 1. The molecule has 0 saturated carbocycles. The highest BCUT2D eigenvalue weighted by Gasteiger charge is 2.45. The summed E-state index contributed by atoms with van der Waals surface area (Å²) in [5.41, 5.74) is 13.8. The Morgan fingerprint density at radius 1 is 1.03 bits per heavy atom. The molecule has 2 amide bonds. The van der Waals surface area contributed by atoms with Gasteiger partial charge in [-0.2, -0.15) is 0 Å². The predicted molar refractivity (Wildman–Crippen MR) is 155 cm³/mol. The Labute approximate surface area is 230 Å². The van der Waals surface area contributed by atoms with E-state index in [1.807, 2.05) is 60.7 Å². The lowest BCUT2D eigenvalue weighted by atomic mass is 9.69. The van der Waals surface area contributed by atoms with Crippen LogP contribution in [0.15, 0.2) is 78.9 Å². The van der Waals surface area contributed by atoms with Gasteiger partial charge in [0.05, 0.1) is 17.7 Å². The molecule has 8 heteroatoms. The summed E-state index contributed by atoms with van der Waals surface area (Å²) in [5, 5.41) is 14.0. The molecule has 3 aromatic carbocycles. The smallest absolute Gasteiger partial charge is 0.253 e. The number of hydrogen-bond acceptors (Lipinski definition) is 6. The van der Waals surface area contributed by atoms with Crippen LogP contribution in [0.2, 0.25) is 0 Å². The zero-order valence-electron chi connectivity index (χ0n) is 22.9. The predicted octanol–water partition coefficient (Wildman–Crippen LogP) is 2.87. The number of nitrogen functional groups attached to an aromatic ring is 2. The number of piperidine rings is 1. The number of carbonyl (C=O) groups is 2. The number of aliphatic hydroxyl groups is 1. The highest BCUT2D eigenvalue weighted by molar-refractivity contribution is 5.99. The maximum absolute atomic E-state index is 14.0. The summed E-state index contributed by atoms with van der Waals surface area (Å²) in [6, 6.07) is 24.2. The third-order valence-corrected chi connectivity index (χ3v) is 7.78. The first kappa shape index (κ1) is 28.1. The fourth-order valence-electron chi connectivity index (χ4n) is 5.69. The first-order chi connectivity index (χ1) is 18.6.